The Bertz CT molecular complexity index is 947. The summed E-state index contributed by atoms with van der Waals surface area (Å²) in [5.74, 6) is -0.502. The van der Waals surface area contributed by atoms with Gasteiger partial charge in [-0.1, -0.05) is 44.2 Å². The number of hydrogen-bond donors (Lipinski definition) is 1. The van der Waals surface area contributed by atoms with Crippen LogP contribution in [0, 0.1) is 0 Å². The van der Waals surface area contributed by atoms with Crippen molar-refractivity contribution in [1.82, 2.24) is 9.55 Å². The third kappa shape index (κ3) is 4.33. The number of nitrogens with one attached hydrogen (secondary N) is 1. The average Bonchev–Trinajstić information content (AvgIpc) is 3.00. The lowest BCUT2D eigenvalue weighted by atomic mass is 9.89. The summed E-state index contributed by atoms with van der Waals surface area (Å²) in [6, 6.07) is 10.9. The third-order valence-corrected chi connectivity index (χ3v) is 5.35. The van der Waals surface area contributed by atoms with Crippen molar-refractivity contribution < 1.29 is 19.0 Å². The molecule has 1 unspecified atom stereocenters. The summed E-state index contributed by atoms with van der Waals surface area (Å²) >= 11 is 0. The Balaban J connectivity index is 1.99. The van der Waals surface area contributed by atoms with Crippen LogP contribution in [0.2, 0.25) is 0 Å². The number of ether oxygens (including phenoxy) is 3. The first kappa shape index (κ1) is 21.0. The molecule has 1 fully saturated rings. The maximum atomic E-state index is 12.4. The molecule has 2 heterocycles. The number of nitrogens with zero attached hydrogens (tertiary/aromatic N) is 1. The molecule has 3 rings (SSSR count). The van der Waals surface area contributed by atoms with Gasteiger partial charge in [-0.2, -0.15) is 0 Å². The fourth-order valence-corrected chi connectivity index (χ4v) is 3.80. The van der Waals surface area contributed by atoms with Crippen molar-refractivity contribution in [2.45, 2.75) is 64.3 Å². The lowest BCUT2D eigenvalue weighted by Gasteiger charge is -2.33. The standard InChI is InChI=1S/C21H26N2O6/c1-4-21(5-2)18(27-13-15-9-7-6-8-10-15)17(28-14(3)24)19(29-21)23-12-11-16(25)22-20(23)26/h6-12,17-19H,4-5,13H2,1-3H3,(H,22,25,26)/t17-,18?,19+/m0/s1. The molecular weight excluding hydrogens is 376 g/mol. The van der Waals surface area contributed by atoms with Crippen LogP contribution in [-0.4, -0.2) is 33.3 Å². The van der Waals surface area contributed by atoms with Crippen molar-refractivity contribution >= 4 is 5.97 Å². The summed E-state index contributed by atoms with van der Waals surface area (Å²) < 4.78 is 19.4. The van der Waals surface area contributed by atoms with Crippen LogP contribution in [0.15, 0.2) is 52.2 Å². The molecule has 1 aliphatic heterocycles. The molecule has 8 nitrogen and oxygen atoms in total. The molecule has 3 atom stereocenters. The van der Waals surface area contributed by atoms with Gasteiger partial charge in [0.1, 0.15) is 11.7 Å². The Labute approximate surface area is 168 Å². The maximum absolute atomic E-state index is 12.4. The number of hydrogen-bond acceptors (Lipinski definition) is 6. The van der Waals surface area contributed by atoms with Crippen LogP contribution >= 0.6 is 0 Å². The molecule has 156 valence electrons. The number of benzene rings is 1. The monoisotopic (exact) mass is 402 g/mol. The number of esters is 1. The van der Waals surface area contributed by atoms with Crippen LogP contribution in [0.4, 0.5) is 0 Å². The summed E-state index contributed by atoms with van der Waals surface area (Å²) in [5, 5.41) is 0. The van der Waals surface area contributed by atoms with E-state index in [0.29, 0.717) is 19.4 Å². The van der Waals surface area contributed by atoms with Crippen LogP contribution in [-0.2, 0) is 25.6 Å². The van der Waals surface area contributed by atoms with Gasteiger partial charge in [0.05, 0.1) is 6.61 Å². The zero-order valence-corrected chi connectivity index (χ0v) is 16.8. The Morgan fingerprint density at radius 1 is 1.17 bits per heavy atom. The number of aromatic amines is 1. The summed E-state index contributed by atoms with van der Waals surface area (Å²) in [7, 11) is 0. The summed E-state index contributed by atoms with van der Waals surface area (Å²) in [6.45, 7) is 5.54. The van der Waals surface area contributed by atoms with Gasteiger partial charge in [-0.05, 0) is 18.4 Å². The number of rotatable bonds is 7. The zero-order valence-electron chi connectivity index (χ0n) is 16.8. The van der Waals surface area contributed by atoms with Gasteiger partial charge in [-0.25, -0.2) is 4.79 Å². The van der Waals surface area contributed by atoms with Crippen molar-refractivity contribution in [3.05, 3.63) is 69.0 Å². The van der Waals surface area contributed by atoms with Crippen molar-refractivity contribution in [2.75, 3.05) is 0 Å². The molecule has 29 heavy (non-hydrogen) atoms. The minimum Gasteiger partial charge on any atom is -0.455 e. The van der Waals surface area contributed by atoms with Gasteiger partial charge in [-0.15, -0.1) is 0 Å². The molecule has 0 saturated carbocycles. The molecule has 0 bridgehead atoms. The second-order valence-electron chi connectivity index (χ2n) is 7.09. The highest BCUT2D eigenvalue weighted by Crippen LogP contribution is 2.44. The van der Waals surface area contributed by atoms with Crippen LogP contribution in [0.1, 0.15) is 45.4 Å². The molecule has 1 aromatic carbocycles. The van der Waals surface area contributed by atoms with Crippen LogP contribution < -0.4 is 11.2 Å². The Morgan fingerprint density at radius 2 is 1.86 bits per heavy atom. The van der Waals surface area contributed by atoms with E-state index in [0.717, 1.165) is 5.56 Å². The minimum atomic E-state index is -0.913. The van der Waals surface area contributed by atoms with Crippen LogP contribution in [0.5, 0.6) is 0 Å². The molecule has 8 heteroatoms. The molecule has 1 N–H and O–H groups in total. The van der Waals surface area contributed by atoms with Gasteiger partial charge in [0.25, 0.3) is 5.56 Å². The number of aromatic nitrogens is 2. The van der Waals surface area contributed by atoms with E-state index >= 15 is 0 Å². The minimum absolute atomic E-state index is 0.307. The zero-order chi connectivity index (χ0) is 21.0. The molecule has 1 aromatic heterocycles. The molecule has 1 saturated heterocycles. The predicted octanol–water partition coefficient (Wildman–Crippen LogP) is 2.14. The lowest BCUT2D eigenvalue weighted by Crippen LogP contribution is -2.45. The first-order chi connectivity index (χ1) is 13.9. The second-order valence-corrected chi connectivity index (χ2v) is 7.09. The highest BCUT2D eigenvalue weighted by molar-refractivity contribution is 5.66. The molecule has 2 aromatic rings. The molecule has 0 aliphatic carbocycles. The molecule has 0 amide bonds. The SMILES string of the molecule is CCC1(CC)O[C@@H](n2ccc(=O)[nH]c2=O)[C@@H](OC(C)=O)C1OCc1ccccc1. The largest absolute Gasteiger partial charge is 0.455 e. The Morgan fingerprint density at radius 3 is 2.45 bits per heavy atom. The van der Waals surface area contributed by atoms with Crippen LogP contribution in [0.3, 0.4) is 0 Å². The highest BCUT2D eigenvalue weighted by atomic mass is 16.6. The summed E-state index contributed by atoms with van der Waals surface area (Å²) in [6.07, 6.45) is 0.178. The van der Waals surface area contributed by atoms with Gasteiger partial charge in [-0.3, -0.25) is 19.1 Å². The number of carbonyl (C=O) groups excluding carboxylic acids is 1. The maximum Gasteiger partial charge on any atom is 0.330 e. The van der Waals surface area contributed by atoms with E-state index in [2.05, 4.69) is 4.98 Å². The van der Waals surface area contributed by atoms with Gasteiger partial charge in [0, 0.05) is 19.2 Å². The van der Waals surface area contributed by atoms with E-state index in [1.54, 1.807) is 0 Å². The van der Waals surface area contributed by atoms with Crippen molar-refractivity contribution in [3.8, 4) is 0 Å². The van der Waals surface area contributed by atoms with Crippen LogP contribution in [0.25, 0.3) is 0 Å². The van der Waals surface area contributed by atoms with Gasteiger partial charge in [0.2, 0.25) is 0 Å². The fraction of sp³-hybridized carbons (Fsp3) is 0.476. The van der Waals surface area contributed by atoms with E-state index in [4.69, 9.17) is 14.2 Å². The smallest absolute Gasteiger partial charge is 0.330 e. The van der Waals surface area contributed by atoms with Gasteiger partial charge >= 0.3 is 11.7 Å². The lowest BCUT2D eigenvalue weighted by molar-refractivity contribution is -0.158. The van der Waals surface area contributed by atoms with E-state index in [1.165, 1.54) is 23.8 Å². The summed E-state index contributed by atoms with van der Waals surface area (Å²) in [5.41, 5.74) is -0.929. The molecule has 1 aliphatic rings. The molecule has 0 spiro atoms. The fourth-order valence-electron chi connectivity index (χ4n) is 3.80. The van der Waals surface area contributed by atoms with E-state index in [1.807, 2.05) is 44.2 Å². The van der Waals surface area contributed by atoms with Crippen molar-refractivity contribution in [2.24, 2.45) is 0 Å². The van der Waals surface area contributed by atoms with E-state index in [9.17, 15) is 14.4 Å². The first-order valence-electron chi connectivity index (χ1n) is 9.72. The number of H-pyrrole nitrogens is 1. The average molecular weight is 402 g/mol. The predicted molar refractivity (Wildman–Crippen MR) is 105 cm³/mol. The normalized spacial score (nSPS) is 23.1. The first-order valence-corrected chi connectivity index (χ1v) is 9.72. The van der Waals surface area contributed by atoms with Gasteiger partial charge in [0.15, 0.2) is 12.3 Å². The quantitative estimate of drug-likeness (QED) is 0.713. The number of carbonyl (C=O) groups is 1. The molecule has 0 radical (unpaired) electrons. The highest BCUT2D eigenvalue weighted by Gasteiger charge is 2.56. The van der Waals surface area contributed by atoms with E-state index < -0.39 is 41.3 Å². The molecular formula is C21H26N2O6. The topological polar surface area (TPSA) is 99.6 Å². The third-order valence-electron chi connectivity index (χ3n) is 5.35. The second kappa shape index (κ2) is 8.75. The van der Waals surface area contributed by atoms with Crippen molar-refractivity contribution in [3.63, 3.8) is 0 Å². The van der Waals surface area contributed by atoms with E-state index in [-0.39, 0.29) is 0 Å². The van der Waals surface area contributed by atoms with Gasteiger partial charge < -0.3 is 14.2 Å². The summed E-state index contributed by atoms with van der Waals surface area (Å²) in [4.78, 5) is 37.9. The Hall–Kier alpha value is -2.71. The Kier molecular flexibility index (Phi) is 6.34. The van der Waals surface area contributed by atoms with Crippen molar-refractivity contribution in [1.29, 1.82) is 0 Å².